The van der Waals surface area contributed by atoms with Crippen LogP contribution in [0.5, 0.6) is 0 Å². The number of pyridine rings is 1. The van der Waals surface area contributed by atoms with Crippen molar-refractivity contribution in [2.24, 2.45) is 0 Å². The third-order valence-electron chi connectivity index (χ3n) is 6.28. The molecule has 1 saturated heterocycles. The minimum absolute atomic E-state index is 0.0561. The Hall–Kier alpha value is -2.64. The van der Waals surface area contributed by atoms with Gasteiger partial charge in [0.2, 0.25) is 5.91 Å². The molecule has 1 fully saturated rings. The Balaban J connectivity index is 1.57. The molecule has 11 heteroatoms. The van der Waals surface area contributed by atoms with E-state index in [-0.39, 0.29) is 5.91 Å². The third kappa shape index (κ3) is 4.67. The quantitative estimate of drug-likeness (QED) is 0.435. The van der Waals surface area contributed by atoms with Crippen molar-refractivity contribution in [1.82, 2.24) is 25.0 Å². The zero-order valence-corrected chi connectivity index (χ0v) is 19.0. The van der Waals surface area contributed by atoms with E-state index in [9.17, 15) is 4.79 Å². The maximum atomic E-state index is 12.5. The lowest BCUT2D eigenvalue weighted by atomic mass is 9.70. The van der Waals surface area contributed by atoms with Crippen LogP contribution in [-0.4, -0.2) is 102 Å². The van der Waals surface area contributed by atoms with E-state index >= 15 is 0 Å². The second-order valence-corrected chi connectivity index (χ2v) is 8.54. The Labute approximate surface area is 186 Å². The number of nitrogens with zero attached hydrogens (tertiary/aromatic N) is 5. The molecule has 0 unspecified atom stereocenters. The number of benzene rings is 1. The maximum absolute atomic E-state index is 12.5. The number of anilines is 1. The molecule has 31 heavy (non-hydrogen) atoms. The number of hydrogen-bond acceptors (Lipinski definition) is 6. The lowest BCUT2D eigenvalue weighted by Crippen LogP contribution is -2.47. The molecule has 0 bridgehead atoms. The molecule has 1 aliphatic rings. The fourth-order valence-electron chi connectivity index (χ4n) is 4.20. The number of likely N-dealkylation sites (N-methyl/N-ethyl adjacent to an activating group) is 1. The summed E-state index contributed by atoms with van der Waals surface area (Å²) in [6.45, 7) is 4.15. The number of aromatic nitrogens is 3. The van der Waals surface area contributed by atoms with Crippen molar-refractivity contribution in [3.63, 3.8) is 0 Å². The molecule has 1 aromatic carbocycles. The van der Waals surface area contributed by atoms with Crippen LogP contribution >= 0.6 is 0 Å². The zero-order valence-electron chi connectivity index (χ0n) is 19.0. The average Bonchev–Trinajstić information content (AvgIpc) is 2.73. The number of hydrogen-bond donors (Lipinski definition) is 1. The van der Waals surface area contributed by atoms with Crippen molar-refractivity contribution in [3.8, 4) is 11.1 Å². The molecule has 0 aliphatic carbocycles. The number of carbonyl (C=O) groups excluding carboxylic acids is 1. The fraction of sp³-hybridized carbons (Fsp3) is 0.300. The molecule has 0 atom stereocenters. The van der Waals surface area contributed by atoms with Crippen molar-refractivity contribution in [2.75, 3.05) is 45.1 Å². The van der Waals surface area contributed by atoms with Crippen molar-refractivity contribution >= 4 is 76.1 Å². The van der Waals surface area contributed by atoms with E-state index in [2.05, 4.69) is 60.2 Å². The Bertz CT molecular complexity index is 1150. The minimum Gasteiger partial charge on any atom is -0.308 e. The SMILES string of the molecule is Bc1nc(B)c(-c2ccc3nnc(NC(=O)CN4CCN(C)CC4)cc3c2)c(B)c1B. The second kappa shape index (κ2) is 8.85. The lowest BCUT2D eigenvalue weighted by molar-refractivity contribution is -0.117. The van der Waals surface area contributed by atoms with Gasteiger partial charge in [-0.05, 0) is 42.0 Å². The van der Waals surface area contributed by atoms with Crippen LogP contribution in [0.1, 0.15) is 0 Å². The van der Waals surface area contributed by atoms with Crippen molar-refractivity contribution in [3.05, 3.63) is 24.3 Å². The number of nitrogens with one attached hydrogen (secondary N) is 1. The minimum atomic E-state index is -0.0561. The first kappa shape index (κ1) is 21.6. The topological polar surface area (TPSA) is 74.2 Å². The van der Waals surface area contributed by atoms with Crippen LogP contribution in [0.2, 0.25) is 0 Å². The van der Waals surface area contributed by atoms with E-state index in [1.807, 2.05) is 27.8 Å². The summed E-state index contributed by atoms with van der Waals surface area (Å²) in [6.07, 6.45) is 0. The van der Waals surface area contributed by atoms with Gasteiger partial charge in [-0.3, -0.25) is 14.7 Å². The smallest absolute Gasteiger partial charge is 0.239 e. The van der Waals surface area contributed by atoms with E-state index in [0.29, 0.717) is 12.4 Å². The predicted octanol–water partition coefficient (Wildman–Crippen LogP) is -5.09. The highest BCUT2D eigenvalue weighted by atomic mass is 16.2. The van der Waals surface area contributed by atoms with Crippen LogP contribution in [0.25, 0.3) is 22.0 Å². The molecule has 1 aliphatic heterocycles. The molecule has 0 spiro atoms. The van der Waals surface area contributed by atoms with Gasteiger partial charge in [0.25, 0.3) is 0 Å². The molecule has 0 saturated carbocycles. The van der Waals surface area contributed by atoms with E-state index in [1.54, 1.807) is 0 Å². The van der Waals surface area contributed by atoms with Crippen LogP contribution in [0, 0.1) is 0 Å². The summed E-state index contributed by atoms with van der Waals surface area (Å²) in [7, 11) is 10.5. The highest BCUT2D eigenvalue weighted by molar-refractivity contribution is 6.59. The summed E-state index contributed by atoms with van der Waals surface area (Å²) < 4.78 is 0. The van der Waals surface area contributed by atoms with Crippen LogP contribution in [0.15, 0.2) is 24.3 Å². The highest BCUT2D eigenvalue weighted by Crippen LogP contribution is 2.21. The largest absolute Gasteiger partial charge is 0.308 e. The molecule has 4 rings (SSSR count). The van der Waals surface area contributed by atoms with E-state index < -0.39 is 0 Å². The standard InChI is InChI=1S/C20H26B4N6O/c1-29-4-6-30(7-5-29)10-15(31)25-14-9-12-8-11(2-3-13(12)27-28-14)16-17(21)18(22)20(24)26-19(16)23/h2-3,8-9H,4-7,10,21-24H2,1H3,(H,25,28,31). The number of rotatable bonds is 4. The number of piperazine rings is 1. The molecular weight excluding hydrogens is 384 g/mol. The van der Waals surface area contributed by atoms with Gasteiger partial charge in [0.15, 0.2) is 21.5 Å². The normalized spacial score (nSPS) is 15.3. The number of fused-ring (bicyclic) bond motifs is 1. The molecule has 3 aromatic rings. The van der Waals surface area contributed by atoms with E-state index in [0.717, 1.165) is 59.4 Å². The number of carbonyl (C=O) groups is 1. The second-order valence-electron chi connectivity index (χ2n) is 8.54. The van der Waals surface area contributed by atoms with Gasteiger partial charge >= 0.3 is 0 Å². The molecule has 3 heterocycles. The first-order chi connectivity index (χ1) is 14.8. The fourth-order valence-corrected chi connectivity index (χ4v) is 4.20. The van der Waals surface area contributed by atoms with Gasteiger partial charge in [-0.15, -0.1) is 10.2 Å². The summed E-state index contributed by atoms with van der Waals surface area (Å²) in [5.74, 6) is 0.426. The van der Waals surface area contributed by atoms with E-state index in [4.69, 9.17) is 4.98 Å². The summed E-state index contributed by atoms with van der Waals surface area (Å²) in [5.41, 5.74) is 7.59. The van der Waals surface area contributed by atoms with Gasteiger partial charge in [-0.25, -0.2) is 0 Å². The summed E-state index contributed by atoms with van der Waals surface area (Å²) >= 11 is 0. The Morgan fingerprint density at radius 2 is 1.74 bits per heavy atom. The van der Waals surface area contributed by atoms with Crippen molar-refractivity contribution in [2.45, 2.75) is 0 Å². The van der Waals surface area contributed by atoms with Crippen molar-refractivity contribution < 1.29 is 4.79 Å². The first-order valence-corrected chi connectivity index (χ1v) is 10.7. The molecule has 1 amide bonds. The van der Waals surface area contributed by atoms with Gasteiger partial charge in [-0.2, -0.15) is 0 Å². The molecule has 2 aromatic heterocycles. The molecule has 7 nitrogen and oxygen atoms in total. The van der Waals surface area contributed by atoms with Crippen LogP contribution < -0.4 is 27.4 Å². The predicted molar refractivity (Wildman–Crippen MR) is 138 cm³/mol. The molecule has 154 valence electrons. The maximum Gasteiger partial charge on any atom is 0.239 e. The molecular formula is C20H26B4N6O. The van der Waals surface area contributed by atoms with E-state index in [1.165, 1.54) is 10.9 Å². The van der Waals surface area contributed by atoms with Crippen LogP contribution in [-0.2, 0) is 4.79 Å². The summed E-state index contributed by atoms with van der Waals surface area (Å²) in [6, 6.07) is 8.04. The average molecular weight is 410 g/mol. The van der Waals surface area contributed by atoms with Crippen molar-refractivity contribution in [1.29, 1.82) is 0 Å². The highest BCUT2D eigenvalue weighted by Gasteiger charge is 2.17. The lowest BCUT2D eigenvalue weighted by Gasteiger charge is -2.31. The monoisotopic (exact) mass is 410 g/mol. The van der Waals surface area contributed by atoms with Crippen LogP contribution in [0.4, 0.5) is 5.82 Å². The molecule has 0 radical (unpaired) electrons. The van der Waals surface area contributed by atoms with Gasteiger partial charge < -0.3 is 10.2 Å². The van der Waals surface area contributed by atoms with Gasteiger partial charge in [-0.1, -0.05) is 17.0 Å². The first-order valence-electron chi connectivity index (χ1n) is 10.7. The zero-order chi connectivity index (χ0) is 22.1. The summed E-state index contributed by atoms with van der Waals surface area (Å²) in [5, 5.41) is 12.4. The Kier molecular flexibility index (Phi) is 6.16. The Morgan fingerprint density at radius 1 is 1.00 bits per heavy atom. The number of amides is 1. The summed E-state index contributed by atoms with van der Waals surface area (Å²) in [4.78, 5) is 21.7. The molecule has 1 N–H and O–H groups in total. The van der Waals surface area contributed by atoms with Gasteiger partial charge in [0.1, 0.15) is 15.7 Å². The van der Waals surface area contributed by atoms with Crippen LogP contribution in [0.3, 0.4) is 0 Å². The van der Waals surface area contributed by atoms with Gasteiger partial charge in [0.05, 0.1) is 12.1 Å². The third-order valence-corrected chi connectivity index (χ3v) is 6.28. The van der Waals surface area contributed by atoms with Gasteiger partial charge in [0, 0.05) is 37.2 Å². The Morgan fingerprint density at radius 3 is 2.48 bits per heavy atom.